The number of halogens is 1. The predicted octanol–water partition coefficient (Wildman–Crippen LogP) is 5.80. The first-order valence-electron chi connectivity index (χ1n) is 9.27. The van der Waals surface area contributed by atoms with E-state index in [0.29, 0.717) is 21.8 Å². The molecule has 156 valence electrons. The van der Waals surface area contributed by atoms with Crippen LogP contribution in [0, 0.1) is 10.1 Å². The summed E-state index contributed by atoms with van der Waals surface area (Å²) in [5.41, 5.74) is 2.75. The first kappa shape index (κ1) is 20.9. The molecule has 0 unspecified atom stereocenters. The highest BCUT2D eigenvalue weighted by atomic mass is 35.5. The molecule has 0 atom stereocenters. The van der Waals surface area contributed by atoms with Gasteiger partial charge >= 0.3 is 0 Å². The van der Waals surface area contributed by atoms with Crippen molar-refractivity contribution in [2.75, 3.05) is 7.11 Å². The van der Waals surface area contributed by atoms with E-state index < -0.39 is 4.92 Å². The van der Waals surface area contributed by atoms with Crippen molar-refractivity contribution in [2.24, 2.45) is 0 Å². The SMILES string of the molecule is COc1cccc(-c2nnc(SCc3ccc([N+](=O)[O-])cc3)n2-c2ccc(Cl)cc2)c1. The van der Waals surface area contributed by atoms with Gasteiger partial charge in [0.05, 0.1) is 12.0 Å². The van der Waals surface area contributed by atoms with Gasteiger partial charge in [0.1, 0.15) is 5.75 Å². The van der Waals surface area contributed by atoms with Gasteiger partial charge in [-0.2, -0.15) is 0 Å². The molecule has 0 saturated carbocycles. The van der Waals surface area contributed by atoms with Crippen LogP contribution >= 0.6 is 23.4 Å². The first-order valence-corrected chi connectivity index (χ1v) is 10.6. The molecule has 0 N–H and O–H groups in total. The molecule has 0 aliphatic rings. The Labute approximate surface area is 187 Å². The fourth-order valence-corrected chi connectivity index (χ4v) is 4.03. The maximum absolute atomic E-state index is 10.9. The zero-order chi connectivity index (χ0) is 21.8. The van der Waals surface area contributed by atoms with Crippen molar-refractivity contribution < 1.29 is 9.66 Å². The lowest BCUT2D eigenvalue weighted by Gasteiger charge is -2.11. The van der Waals surface area contributed by atoms with Crippen LogP contribution in [-0.4, -0.2) is 26.8 Å². The molecule has 4 aromatic rings. The second-order valence-electron chi connectivity index (χ2n) is 6.56. The number of aromatic nitrogens is 3. The molecular formula is C22H17ClN4O3S. The van der Waals surface area contributed by atoms with E-state index in [1.54, 1.807) is 19.2 Å². The molecule has 1 aromatic heterocycles. The summed E-state index contributed by atoms with van der Waals surface area (Å²) in [5, 5.41) is 21.0. The molecule has 4 rings (SSSR count). The number of thioether (sulfide) groups is 1. The Morgan fingerprint density at radius 1 is 1.06 bits per heavy atom. The minimum Gasteiger partial charge on any atom is -0.497 e. The molecule has 9 heteroatoms. The Morgan fingerprint density at radius 3 is 2.48 bits per heavy atom. The molecule has 0 bridgehead atoms. The van der Waals surface area contributed by atoms with Gasteiger partial charge in [-0.05, 0) is 42.0 Å². The van der Waals surface area contributed by atoms with E-state index in [0.717, 1.165) is 22.6 Å². The van der Waals surface area contributed by atoms with Gasteiger partial charge in [-0.15, -0.1) is 10.2 Å². The monoisotopic (exact) mass is 452 g/mol. The number of hydrogen-bond donors (Lipinski definition) is 0. The molecule has 0 aliphatic carbocycles. The molecule has 0 fully saturated rings. The second-order valence-corrected chi connectivity index (χ2v) is 7.94. The van der Waals surface area contributed by atoms with E-state index in [1.165, 1.54) is 23.9 Å². The van der Waals surface area contributed by atoms with Crippen molar-refractivity contribution in [3.05, 3.63) is 93.5 Å². The highest BCUT2D eigenvalue weighted by Gasteiger charge is 2.17. The summed E-state index contributed by atoms with van der Waals surface area (Å²) in [4.78, 5) is 10.5. The van der Waals surface area contributed by atoms with Gasteiger partial charge in [0.2, 0.25) is 0 Å². The topological polar surface area (TPSA) is 83.1 Å². The smallest absolute Gasteiger partial charge is 0.269 e. The number of methoxy groups -OCH3 is 1. The molecular weight excluding hydrogens is 436 g/mol. The van der Waals surface area contributed by atoms with Crippen LogP contribution in [0.1, 0.15) is 5.56 Å². The van der Waals surface area contributed by atoms with E-state index in [-0.39, 0.29) is 5.69 Å². The average Bonchev–Trinajstić information content (AvgIpc) is 3.22. The summed E-state index contributed by atoms with van der Waals surface area (Å²) in [7, 11) is 1.62. The number of nitro benzene ring substituents is 1. The Bertz CT molecular complexity index is 1210. The van der Waals surface area contributed by atoms with Crippen molar-refractivity contribution in [1.82, 2.24) is 14.8 Å². The highest BCUT2D eigenvalue weighted by Crippen LogP contribution is 2.31. The van der Waals surface area contributed by atoms with Gasteiger partial charge in [-0.25, -0.2) is 0 Å². The van der Waals surface area contributed by atoms with Crippen molar-refractivity contribution in [3.63, 3.8) is 0 Å². The normalized spacial score (nSPS) is 10.8. The summed E-state index contributed by atoms with van der Waals surface area (Å²) in [6.07, 6.45) is 0. The maximum Gasteiger partial charge on any atom is 0.269 e. The predicted molar refractivity (Wildman–Crippen MR) is 121 cm³/mol. The molecule has 0 aliphatic heterocycles. The molecule has 3 aromatic carbocycles. The average molecular weight is 453 g/mol. The van der Waals surface area contributed by atoms with Crippen molar-refractivity contribution in [3.8, 4) is 22.8 Å². The van der Waals surface area contributed by atoms with Crippen LogP contribution < -0.4 is 4.74 Å². The fraction of sp³-hybridized carbons (Fsp3) is 0.0909. The van der Waals surface area contributed by atoms with Crippen molar-refractivity contribution in [2.45, 2.75) is 10.9 Å². The van der Waals surface area contributed by atoms with Gasteiger partial charge in [0.15, 0.2) is 11.0 Å². The molecule has 0 amide bonds. The lowest BCUT2D eigenvalue weighted by Crippen LogP contribution is -2.00. The Morgan fingerprint density at radius 2 is 1.81 bits per heavy atom. The van der Waals surface area contributed by atoms with Crippen LogP contribution in [0.5, 0.6) is 5.75 Å². The summed E-state index contributed by atoms with van der Waals surface area (Å²) in [6, 6.07) is 21.6. The molecule has 0 spiro atoms. The number of hydrogen-bond acceptors (Lipinski definition) is 6. The molecule has 0 radical (unpaired) electrons. The maximum atomic E-state index is 10.9. The number of nitrogens with zero attached hydrogens (tertiary/aromatic N) is 4. The van der Waals surface area contributed by atoms with Gasteiger partial charge in [-0.1, -0.05) is 47.6 Å². The highest BCUT2D eigenvalue weighted by molar-refractivity contribution is 7.98. The Hall–Kier alpha value is -3.36. The van der Waals surface area contributed by atoms with E-state index in [1.807, 2.05) is 53.1 Å². The van der Waals surface area contributed by atoms with Crippen LogP contribution in [-0.2, 0) is 5.75 Å². The van der Waals surface area contributed by atoms with Gasteiger partial charge in [0, 0.05) is 34.2 Å². The number of rotatable bonds is 7. The Kier molecular flexibility index (Phi) is 6.20. The van der Waals surface area contributed by atoms with Crippen LogP contribution in [0.4, 0.5) is 5.69 Å². The van der Waals surface area contributed by atoms with E-state index in [4.69, 9.17) is 16.3 Å². The molecule has 1 heterocycles. The number of non-ortho nitro benzene ring substituents is 1. The third kappa shape index (κ3) is 4.70. The number of nitro groups is 1. The van der Waals surface area contributed by atoms with E-state index in [9.17, 15) is 10.1 Å². The molecule has 7 nitrogen and oxygen atoms in total. The summed E-state index contributed by atoms with van der Waals surface area (Å²) < 4.78 is 7.31. The standard InChI is InChI=1S/C22H17ClN4O3S/c1-30-20-4-2-3-16(13-20)21-24-25-22(26(21)18-11-7-17(23)8-12-18)31-14-15-5-9-19(10-6-15)27(28)29/h2-13H,14H2,1H3. The third-order valence-electron chi connectivity index (χ3n) is 4.56. The van der Waals surface area contributed by atoms with Gasteiger partial charge in [0.25, 0.3) is 5.69 Å². The lowest BCUT2D eigenvalue weighted by atomic mass is 10.2. The minimum absolute atomic E-state index is 0.0680. The fourth-order valence-electron chi connectivity index (χ4n) is 3.00. The van der Waals surface area contributed by atoms with Crippen molar-refractivity contribution in [1.29, 1.82) is 0 Å². The van der Waals surface area contributed by atoms with Crippen LogP contribution in [0.25, 0.3) is 17.1 Å². The largest absolute Gasteiger partial charge is 0.497 e. The van der Waals surface area contributed by atoms with Crippen molar-refractivity contribution >= 4 is 29.1 Å². The summed E-state index contributed by atoms with van der Waals surface area (Å²) >= 11 is 7.57. The number of benzene rings is 3. The van der Waals surface area contributed by atoms with Crippen LogP contribution in [0.3, 0.4) is 0 Å². The van der Waals surface area contributed by atoms with Crippen LogP contribution in [0.15, 0.2) is 78.0 Å². The number of ether oxygens (including phenoxy) is 1. The van der Waals surface area contributed by atoms with Crippen LogP contribution in [0.2, 0.25) is 5.02 Å². The quantitative estimate of drug-likeness (QED) is 0.200. The third-order valence-corrected chi connectivity index (χ3v) is 5.81. The zero-order valence-electron chi connectivity index (χ0n) is 16.4. The minimum atomic E-state index is -0.408. The molecule has 31 heavy (non-hydrogen) atoms. The van der Waals surface area contributed by atoms with Gasteiger partial charge in [-0.3, -0.25) is 14.7 Å². The molecule has 0 saturated heterocycles. The first-order chi connectivity index (χ1) is 15.0. The summed E-state index contributed by atoms with van der Waals surface area (Å²) in [6.45, 7) is 0. The zero-order valence-corrected chi connectivity index (χ0v) is 18.0. The second kappa shape index (κ2) is 9.20. The lowest BCUT2D eigenvalue weighted by molar-refractivity contribution is -0.384. The Balaban J connectivity index is 1.69. The van der Waals surface area contributed by atoms with E-state index >= 15 is 0 Å². The van der Waals surface area contributed by atoms with Gasteiger partial charge < -0.3 is 4.74 Å². The van der Waals surface area contributed by atoms with E-state index in [2.05, 4.69) is 10.2 Å². The summed E-state index contributed by atoms with van der Waals surface area (Å²) in [5.74, 6) is 1.98.